The molecular formula is C16H16N2O. The van der Waals surface area contributed by atoms with Crippen molar-refractivity contribution in [3.05, 3.63) is 54.2 Å². The van der Waals surface area contributed by atoms with Crippen LogP contribution in [0.1, 0.15) is 23.2 Å². The molecule has 96 valence electrons. The van der Waals surface area contributed by atoms with Crippen molar-refractivity contribution in [3.8, 4) is 11.3 Å². The molecular weight excluding hydrogens is 236 g/mol. The molecule has 2 aromatic rings. The van der Waals surface area contributed by atoms with Gasteiger partial charge in [0.1, 0.15) is 0 Å². The Morgan fingerprint density at radius 2 is 1.74 bits per heavy atom. The third-order valence-corrected chi connectivity index (χ3v) is 3.49. The fraction of sp³-hybridized carbons (Fsp3) is 0.250. The molecule has 19 heavy (non-hydrogen) atoms. The maximum absolute atomic E-state index is 12.2. The molecule has 0 radical (unpaired) electrons. The molecule has 0 unspecified atom stereocenters. The molecule has 3 heteroatoms. The summed E-state index contributed by atoms with van der Waals surface area (Å²) in [4.78, 5) is 18.4. The summed E-state index contributed by atoms with van der Waals surface area (Å²) in [5, 5.41) is 0. The van der Waals surface area contributed by atoms with Crippen molar-refractivity contribution in [2.45, 2.75) is 12.8 Å². The molecule has 3 rings (SSSR count). The third-order valence-electron chi connectivity index (χ3n) is 3.49. The minimum Gasteiger partial charge on any atom is -0.339 e. The smallest absolute Gasteiger partial charge is 0.253 e. The van der Waals surface area contributed by atoms with Crippen LogP contribution in [-0.4, -0.2) is 28.9 Å². The van der Waals surface area contributed by atoms with Gasteiger partial charge in [-0.05, 0) is 37.1 Å². The van der Waals surface area contributed by atoms with Crippen LogP contribution in [0.3, 0.4) is 0 Å². The Labute approximate surface area is 112 Å². The van der Waals surface area contributed by atoms with Crippen molar-refractivity contribution in [2.75, 3.05) is 13.1 Å². The number of hydrogen-bond acceptors (Lipinski definition) is 2. The van der Waals surface area contributed by atoms with Crippen LogP contribution < -0.4 is 0 Å². The largest absolute Gasteiger partial charge is 0.339 e. The van der Waals surface area contributed by atoms with Crippen molar-refractivity contribution >= 4 is 5.91 Å². The van der Waals surface area contributed by atoms with E-state index < -0.39 is 0 Å². The van der Waals surface area contributed by atoms with Gasteiger partial charge in [-0.15, -0.1) is 0 Å². The summed E-state index contributed by atoms with van der Waals surface area (Å²) >= 11 is 0. The van der Waals surface area contributed by atoms with E-state index >= 15 is 0 Å². The van der Waals surface area contributed by atoms with Gasteiger partial charge < -0.3 is 4.90 Å². The molecule has 0 saturated carbocycles. The number of likely N-dealkylation sites (tertiary alicyclic amines) is 1. The van der Waals surface area contributed by atoms with Gasteiger partial charge in [-0.1, -0.05) is 18.2 Å². The van der Waals surface area contributed by atoms with Crippen molar-refractivity contribution in [1.29, 1.82) is 0 Å². The maximum atomic E-state index is 12.2. The number of rotatable bonds is 2. The summed E-state index contributed by atoms with van der Waals surface area (Å²) in [6.45, 7) is 1.78. The van der Waals surface area contributed by atoms with Gasteiger partial charge in [0.2, 0.25) is 0 Å². The predicted octanol–water partition coefficient (Wildman–Crippen LogP) is 2.98. The number of aromatic nitrogens is 1. The highest BCUT2D eigenvalue weighted by molar-refractivity contribution is 5.94. The number of pyridine rings is 1. The van der Waals surface area contributed by atoms with Gasteiger partial charge in [0.05, 0.1) is 5.69 Å². The highest BCUT2D eigenvalue weighted by Crippen LogP contribution is 2.19. The van der Waals surface area contributed by atoms with E-state index in [2.05, 4.69) is 4.98 Å². The second-order valence-electron chi connectivity index (χ2n) is 4.79. The number of nitrogens with zero attached hydrogens (tertiary/aromatic N) is 2. The fourth-order valence-corrected chi connectivity index (χ4v) is 2.42. The summed E-state index contributed by atoms with van der Waals surface area (Å²) in [5.74, 6) is 0.144. The van der Waals surface area contributed by atoms with Gasteiger partial charge in [0, 0.05) is 30.4 Å². The monoisotopic (exact) mass is 252 g/mol. The Balaban J connectivity index is 1.81. The summed E-state index contributed by atoms with van der Waals surface area (Å²) in [6, 6.07) is 13.5. The summed E-state index contributed by atoms with van der Waals surface area (Å²) in [6.07, 6.45) is 4.02. The molecule has 2 heterocycles. The van der Waals surface area contributed by atoms with Gasteiger partial charge in [0.15, 0.2) is 0 Å². The van der Waals surface area contributed by atoms with Gasteiger partial charge in [0.25, 0.3) is 5.91 Å². The van der Waals surface area contributed by atoms with Gasteiger partial charge in [-0.2, -0.15) is 0 Å². The summed E-state index contributed by atoms with van der Waals surface area (Å²) in [7, 11) is 0. The first-order valence-corrected chi connectivity index (χ1v) is 6.65. The average molecular weight is 252 g/mol. The predicted molar refractivity (Wildman–Crippen MR) is 74.8 cm³/mol. The molecule has 1 aromatic heterocycles. The number of carbonyl (C=O) groups excluding carboxylic acids is 1. The van der Waals surface area contributed by atoms with E-state index in [1.165, 1.54) is 0 Å². The Bertz CT molecular complexity index is 557. The van der Waals surface area contributed by atoms with Crippen LogP contribution >= 0.6 is 0 Å². The number of amides is 1. The lowest BCUT2D eigenvalue weighted by atomic mass is 10.1. The van der Waals surface area contributed by atoms with Crippen molar-refractivity contribution in [3.63, 3.8) is 0 Å². The third kappa shape index (κ3) is 2.50. The fourth-order valence-electron chi connectivity index (χ4n) is 2.42. The average Bonchev–Trinajstić information content (AvgIpc) is 3.02. The number of hydrogen-bond donors (Lipinski definition) is 0. The Kier molecular flexibility index (Phi) is 3.27. The summed E-state index contributed by atoms with van der Waals surface area (Å²) < 4.78 is 0. The molecule has 0 spiro atoms. The topological polar surface area (TPSA) is 33.2 Å². The van der Waals surface area contributed by atoms with E-state index in [1.807, 2.05) is 47.4 Å². The first-order valence-electron chi connectivity index (χ1n) is 6.65. The normalized spacial score (nSPS) is 14.6. The first kappa shape index (κ1) is 11.9. The van der Waals surface area contributed by atoms with Gasteiger partial charge >= 0.3 is 0 Å². The minimum atomic E-state index is 0.144. The van der Waals surface area contributed by atoms with Crippen LogP contribution in [-0.2, 0) is 0 Å². The van der Waals surface area contributed by atoms with Crippen molar-refractivity contribution in [2.24, 2.45) is 0 Å². The second-order valence-corrected chi connectivity index (χ2v) is 4.79. The lowest BCUT2D eigenvalue weighted by Crippen LogP contribution is -2.27. The summed E-state index contributed by atoms with van der Waals surface area (Å²) in [5.41, 5.74) is 2.74. The lowest BCUT2D eigenvalue weighted by Gasteiger charge is -2.15. The van der Waals surface area contributed by atoms with E-state index in [0.29, 0.717) is 0 Å². The van der Waals surface area contributed by atoms with E-state index in [0.717, 1.165) is 42.8 Å². The standard InChI is InChI=1S/C16H16N2O/c19-16(18-11-3-4-12-18)14-8-6-13(7-9-14)15-5-1-2-10-17-15/h1-2,5-10H,3-4,11-12H2. The van der Waals surface area contributed by atoms with Crippen LogP contribution in [0.2, 0.25) is 0 Å². The SMILES string of the molecule is O=C(c1ccc(-c2ccccn2)cc1)N1CCCC1. The highest BCUT2D eigenvalue weighted by Gasteiger charge is 2.19. The van der Waals surface area contributed by atoms with Gasteiger partial charge in [-0.25, -0.2) is 0 Å². The van der Waals surface area contributed by atoms with E-state index in [1.54, 1.807) is 6.20 Å². The maximum Gasteiger partial charge on any atom is 0.253 e. The molecule has 0 atom stereocenters. The molecule has 0 N–H and O–H groups in total. The van der Waals surface area contributed by atoms with Crippen LogP contribution in [0.4, 0.5) is 0 Å². The molecule has 1 aromatic carbocycles. The van der Waals surface area contributed by atoms with Crippen LogP contribution in [0.15, 0.2) is 48.7 Å². The molecule has 1 fully saturated rings. The molecule has 1 amide bonds. The Hall–Kier alpha value is -2.16. The molecule has 1 aliphatic heterocycles. The molecule has 3 nitrogen and oxygen atoms in total. The highest BCUT2D eigenvalue weighted by atomic mass is 16.2. The lowest BCUT2D eigenvalue weighted by molar-refractivity contribution is 0.0793. The van der Waals surface area contributed by atoms with Gasteiger partial charge in [-0.3, -0.25) is 9.78 Å². The first-order chi connectivity index (χ1) is 9.34. The molecule has 0 aliphatic carbocycles. The number of carbonyl (C=O) groups is 1. The van der Waals surface area contributed by atoms with Crippen LogP contribution in [0.25, 0.3) is 11.3 Å². The van der Waals surface area contributed by atoms with Crippen molar-refractivity contribution in [1.82, 2.24) is 9.88 Å². The van der Waals surface area contributed by atoms with Crippen LogP contribution in [0.5, 0.6) is 0 Å². The van der Waals surface area contributed by atoms with E-state index in [-0.39, 0.29) is 5.91 Å². The zero-order chi connectivity index (χ0) is 13.1. The van der Waals surface area contributed by atoms with E-state index in [4.69, 9.17) is 0 Å². The molecule has 0 bridgehead atoms. The quantitative estimate of drug-likeness (QED) is 0.823. The Morgan fingerprint density at radius 3 is 2.37 bits per heavy atom. The van der Waals surface area contributed by atoms with Crippen LogP contribution in [0, 0.1) is 0 Å². The molecule has 1 aliphatic rings. The zero-order valence-corrected chi connectivity index (χ0v) is 10.7. The zero-order valence-electron chi connectivity index (χ0n) is 10.7. The van der Waals surface area contributed by atoms with Crippen molar-refractivity contribution < 1.29 is 4.79 Å². The minimum absolute atomic E-state index is 0.144. The number of benzene rings is 1. The Morgan fingerprint density at radius 1 is 1.00 bits per heavy atom. The second kappa shape index (κ2) is 5.22. The molecule has 1 saturated heterocycles. The van der Waals surface area contributed by atoms with E-state index in [9.17, 15) is 4.79 Å².